The van der Waals surface area contributed by atoms with Crippen LogP contribution in [0.1, 0.15) is 16.7 Å². The van der Waals surface area contributed by atoms with Crippen molar-refractivity contribution >= 4 is 23.5 Å². The smallest absolute Gasteiger partial charge is 0.184 e. The minimum atomic E-state index is 0.164. The molecule has 0 heterocycles. The van der Waals surface area contributed by atoms with Crippen molar-refractivity contribution in [3.8, 4) is 0 Å². The third-order valence-electron chi connectivity index (χ3n) is 2.62. The number of hydrogen-bond donors (Lipinski definition) is 2. The summed E-state index contributed by atoms with van der Waals surface area (Å²) in [5, 5.41) is 4.08. The van der Waals surface area contributed by atoms with E-state index in [2.05, 4.69) is 59.1 Å². The molecule has 2 aromatic carbocycles. The molecule has 0 spiro atoms. The Hall–Kier alpha value is -2.20. The van der Waals surface area contributed by atoms with E-state index in [1.807, 2.05) is 18.2 Å². The molecular weight excluding hydrogens is 254 g/mol. The lowest BCUT2D eigenvalue weighted by Gasteiger charge is -2.02. The summed E-state index contributed by atoms with van der Waals surface area (Å²) < 4.78 is 0. The van der Waals surface area contributed by atoms with Gasteiger partial charge in [0.25, 0.3) is 0 Å². The Morgan fingerprint density at radius 2 is 1.68 bits per heavy atom. The summed E-state index contributed by atoms with van der Waals surface area (Å²) >= 11 is 4.66. The van der Waals surface area contributed by atoms with Crippen molar-refractivity contribution in [2.45, 2.75) is 6.42 Å². The molecule has 3 N–H and O–H groups in total. The first-order valence-corrected chi connectivity index (χ1v) is 6.36. The molecule has 0 unspecified atom stereocenters. The molecule has 0 aliphatic heterocycles. The molecule has 19 heavy (non-hydrogen) atoms. The molecule has 2 aromatic rings. The van der Waals surface area contributed by atoms with E-state index in [0.29, 0.717) is 0 Å². The van der Waals surface area contributed by atoms with Crippen LogP contribution in [0.5, 0.6) is 0 Å². The van der Waals surface area contributed by atoms with Gasteiger partial charge in [0, 0.05) is 0 Å². The zero-order chi connectivity index (χ0) is 13.5. The van der Waals surface area contributed by atoms with Crippen molar-refractivity contribution in [2.24, 2.45) is 10.8 Å². The van der Waals surface area contributed by atoms with Crippen molar-refractivity contribution in [2.75, 3.05) is 0 Å². The van der Waals surface area contributed by atoms with Crippen molar-refractivity contribution < 1.29 is 0 Å². The minimum absolute atomic E-state index is 0.164. The van der Waals surface area contributed by atoms with Crippen LogP contribution in [0.25, 0.3) is 0 Å². The molecule has 0 aliphatic rings. The quantitative estimate of drug-likeness (QED) is 0.509. The van der Waals surface area contributed by atoms with Gasteiger partial charge in [0.15, 0.2) is 5.11 Å². The highest BCUT2D eigenvalue weighted by Gasteiger charge is 1.95. The summed E-state index contributed by atoms with van der Waals surface area (Å²) in [6, 6.07) is 18.6. The van der Waals surface area contributed by atoms with Crippen LogP contribution in [0.2, 0.25) is 0 Å². The number of hydrogen-bond acceptors (Lipinski definition) is 2. The molecule has 0 aromatic heterocycles. The van der Waals surface area contributed by atoms with Gasteiger partial charge in [0.05, 0.1) is 6.21 Å². The average Bonchev–Trinajstić information content (AvgIpc) is 2.42. The third-order valence-corrected chi connectivity index (χ3v) is 2.71. The summed E-state index contributed by atoms with van der Waals surface area (Å²) in [5.41, 5.74) is 11.4. The number of nitrogens with two attached hydrogens (primary N) is 1. The minimum Gasteiger partial charge on any atom is -0.375 e. The Labute approximate surface area is 118 Å². The SMILES string of the molecule is NC(=S)NN=Cc1ccc(Cc2ccccc2)cc1. The molecule has 0 saturated heterocycles. The normalized spacial score (nSPS) is 10.5. The third kappa shape index (κ3) is 4.52. The summed E-state index contributed by atoms with van der Waals surface area (Å²) in [7, 11) is 0. The van der Waals surface area contributed by atoms with Crippen LogP contribution in [0.15, 0.2) is 59.7 Å². The van der Waals surface area contributed by atoms with Gasteiger partial charge in [-0.25, -0.2) is 0 Å². The van der Waals surface area contributed by atoms with E-state index >= 15 is 0 Å². The summed E-state index contributed by atoms with van der Waals surface area (Å²) in [5.74, 6) is 0. The summed E-state index contributed by atoms with van der Waals surface area (Å²) in [6.07, 6.45) is 2.62. The van der Waals surface area contributed by atoms with Gasteiger partial charge in [-0.1, -0.05) is 54.6 Å². The fraction of sp³-hybridized carbons (Fsp3) is 0.0667. The summed E-state index contributed by atoms with van der Waals surface area (Å²) in [6.45, 7) is 0. The lowest BCUT2D eigenvalue weighted by Crippen LogP contribution is -2.23. The fourth-order valence-corrected chi connectivity index (χ4v) is 1.78. The lowest BCUT2D eigenvalue weighted by molar-refractivity contribution is 1.04. The molecule has 4 heteroatoms. The summed E-state index contributed by atoms with van der Waals surface area (Å²) in [4.78, 5) is 0. The molecule has 0 bridgehead atoms. The second-order valence-corrected chi connectivity index (χ2v) is 4.58. The first kappa shape index (κ1) is 13.2. The van der Waals surface area contributed by atoms with Crippen LogP contribution in [-0.2, 0) is 6.42 Å². The van der Waals surface area contributed by atoms with E-state index in [1.165, 1.54) is 11.1 Å². The van der Waals surface area contributed by atoms with Gasteiger partial charge in [-0.15, -0.1) is 0 Å². The molecule has 3 nitrogen and oxygen atoms in total. The predicted octanol–water partition coefficient (Wildman–Crippen LogP) is 2.44. The number of nitrogens with one attached hydrogen (secondary N) is 1. The van der Waals surface area contributed by atoms with Gasteiger partial charge in [-0.05, 0) is 35.3 Å². The van der Waals surface area contributed by atoms with Crippen molar-refractivity contribution in [3.63, 3.8) is 0 Å². The number of rotatable bonds is 4. The second kappa shape index (κ2) is 6.66. The molecule has 96 valence electrons. The second-order valence-electron chi connectivity index (χ2n) is 4.14. The largest absolute Gasteiger partial charge is 0.375 e. The number of nitrogens with zero attached hydrogens (tertiary/aromatic N) is 1. The Balaban J connectivity index is 1.98. The Kier molecular flexibility index (Phi) is 4.64. The molecule has 0 amide bonds. The molecule has 0 fully saturated rings. The number of hydrazone groups is 1. The Morgan fingerprint density at radius 3 is 2.32 bits per heavy atom. The van der Waals surface area contributed by atoms with Crippen LogP contribution in [-0.4, -0.2) is 11.3 Å². The van der Waals surface area contributed by atoms with E-state index in [9.17, 15) is 0 Å². The number of thiocarbonyl (C=S) groups is 1. The highest BCUT2D eigenvalue weighted by molar-refractivity contribution is 7.80. The Bertz CT molecular complexity index is 562. The molecule has 0 atom stereocenters. The molecular formula is C15H15N3S. The average molecular weight is 269 g/mol. The van der Waals surface area contributed by atoms with Gasteiger partial charge >= 0.3 is 0 Å². The van der Waals surface area contributed by atoms with Crippen LogP contribution in [0, 0.1) is 0 Å². The first-order valence-electron chi connectivity index (χ1n) is 5.95. The highest BCUT2D eigenvalue weighted by atomic mass is 32.1. The lowest BCUT2D eigenvalue weighted by atomic mass is 10.0. The van der Waals surface area contributed by atoms with Crippen molar-refractivity contribution in [3.05, 3.63) is 71.3 Å². The van der Waals surface area contributed by atoms with Gasteiger partial charge in [0.1, 0.15) is 0 Å². The topological polar surface area (TPSA) is 50.4 Å². The van der Waals surface area contributed by atoms with Crippen LogP contribution in [0.4, 0.5) is 0 Å². The standard InChI is InChI=1S/C15H15N3S/c16-15(19)18-17-11-14-8-6-13(7-9-14)10-12-4-2-1-3-5-12/h1-9,11H,10H2,(H3,16,18,19). The van der Waals surface area contributed by atoms with E-state index in [0.717, 1.165) is 12.0 Å². The van der Waals surface area contributed by atoms with Gasteiger partial charge in [-0.2, -0.15) is 5.10 Å². The van der Waals surface area contributed by atoms with Gasteiger partial charge in [0.2, 0.25) is 0 Å². The molecule has 0 saturated carbocycles. The van der Waals surface area contributed by atoms with E-state index in [4.69, 9.17) is 5.73 Å². The number of benzene rings is 2. The monoisotopic (exact) mass is 269 g/mol. The highest BCUT2D eigenvalue weighted by Crippen LogP contribution is 2.09. The van der Waals surface area contributed by atoms with E-state index in [1.54, 1.807) is 6.21 Å². The molecule has 2 rings (SSSR count). The molecule has 0 radical (unpaired) electrons. The van der Waals surface area contributed by atoms with Crippen molar-refractivity contribution in [1.29, 1.82) is 0 Å². The predicted molar refractivity (Wildman–Crippen MR) is 83.2 cm³/mol. The van der Waals surface area contributed by atoms with Crippen molar-refractivity contribution in [1.82, 2.24) is 5.43 Å². The van der Waals surface area contributed by atoms with Gasteiger partial charge < -0.3 is 5.73 Å². The maximum atomic E-state index is 5.27. The van der Waals surface area contributed by atoms with E-state index in [-0.39, 0.29) is 5.11 Å². The van der Waals surface area contributed by atoms with Gasteiger partial charge in [-0.3, -0.25) is 5.43 Å². The van der Waals surface area contributed by atoms with Crippen LogP contribution >= 0.6 is 12.2 Å². The fourth-order valence-electron chi connectivity index (χ4n) is 1.72. The zero-order valence-electron chi connectivity index (χ0n) is 10.4. The Morgan fingerprint density at radius 1 is 1.05 bits per heavy atom. The van der Waals surface area contributed by atoms with Crippen LogP contribution in [0.3, 0.4) is 0 Å². The molecule has 0 aliphatic carbocycles. The first-order chi connectivity index (χ1) is 9.24. The maximum absolute atomic E-state index is 5.27. The maximum Gasteiger partial charge on any atom is 0.184 e. The van der Waals surface area contributed by atoms with E-state index < -0.39 is 0 Å². The zero-order valence-corrected chi connectivity index (χ0v) is 11.2. The van der Waals surface area contributed by atoms with Crippen LogP contribution < -0.4 is 11.2 Å².